The van der Waals surface area contributed by atoms with E-state index in [0.29, 0.717) is 25.6 Å². The Bertz CT molecular complexity index is 665. The van der Waals surface area contributed by atoms with Crippen LogP contribution in [0.15, 0.2) is 24.4 Å². The van der Waals surface area contributed by atoms with Crippen LogP contribution in [-0.4, -0.2) is 78.2 Å². The van der Waals surface area contributed by atoms with Crippen molar-refractivity contribution in [1.82, 2.24) is 9.88 Å². The predicted octanol–water partition coefficient (Wildman–Crippen LogP) is 1.50. The van der Waals surface area contributed by atoms with Gasteiger partial charge in [-0.05, 0) is 6.07 Å². The molecule has 0 radical (unpaired) electrons. The average molecular weight is 406 g/mol. The summed E-state index contributed by atoms with van der Waals surface area (Å²) in [6.45, 7) is 2.03. The highest BCUT2D eigenvalue weighted by atomic mass is 19.4. The first-order chi connectivity index (χ1) is 13.1. The number of carbonyl (C=O) groups excluding carboxylic acids is 1. The molecule has 0 aliphatic carbocycles. The largest absolute Gasteiger partial charge is 0.490 e. The van der Waals surface area contributed by atoms with Crippen molar-refractivity contribution in [2.45, 2.75) is 30.7 Å². The fourth-order valence-electron chi connectivity index (χ4n) is 2.93. The third-order valence-corrected chi connectivity index (χ3v) is 4.19. The van der Waals surface area contributed by atoms with Crippen molar-refractivity contribution in [3.63, 3.8) is 0 Å². The lowest BCUT2D eigenvalue weighted by Gasteiger charge is -2.52. The number of hydrogen-bond donors (Lipinski definition) is 1. The zero-order valence-electron chi connectivity index (χ0n) is 15.1. The summed E-state index contributed by atoms with van der Waals surface area (Å²) in [6, 6.07) is 5.63. The van der Waals surface area contributed by atoms with E-state index in [9.17, 15) is 18.0 Å². The Morgan fingerprint density at radius 2 is 2.07 bits per heavy atom. The van der Waals surface area contributed by atoms with Gasteiger partial charge < -0.3 is 24.2 Å². The maximum Gasteiger partial charge on any atom is 0.490 e. The fourth-order valence-corrected chi connectivity index (χ4v) is 2.93. The number of amides is 1. The van der Waals surface area contributed by atoms with E-state index in [0.717, 1.165) is 12.8 Å². The summed E-state index contributed by atoms with van der Waals surface area (Å²) in [5.74, 6) is -2.10. The first-order valence-corrected chi connectivity index (χ1v) is 8.44. The number of carboxylic acids is 1. The third-order valence-electron chi connectivity index (χ3n) is 4.19. The number of nitrogens with zero attached hydrogens (tertiary/aromatic N) is 2. The van der Waals surface area contributed by atoms with Gasteiger partial charge in [-0.1, -0.05) is 6.07 Å². The van der Waals surface area contributed by atoms with Crippen molar-refractivity contribution < 1.29 is 42.1 Å². The summed E-state index contributed by atoms with van der Waals surface area (Å²) in [7, 11) is 1.53. The molecule has 0 saturated carbocycles. The molecule has 2 fully saturated rings. The highest BCUT2D eigenvalue weighted by Crippen LogP contribution is 2.35. The first kappa shape index (κ1) is 21.9. The molecule has 3 heterocycles. The smallest absolute Gasteiger partial charge is 0.475 e. The van der Waals surface area contributed by atoms with Crippen LogP contribution in [-0.2, 0) is 19.1 Å². The maximum absolute atomic E-state index is 11.7. The van der Waals surface area contributed by atoms with Gasteiger partial charge in [-0.3, -0.25) is 4.79 Å². The Labute approximate surface area is 159 Å². The highest BCUT2D eigenvalue weighted by Gasteiger charge is 2.49. The van der Waals surface area contributed by atoms with Crippen LogP contribution in [0.3, 0.4) is 0 Å². The van der Waals surface area contributed by atoms with Gasteiger partial charge in [0.15, 0.2) is 0 Å². The SMILES string of the molecule is COCC(=O)N1CC2(CC(Oc3ccccn3)CCO2)C1.O=C(O)C(F)(F)F. The molecule has 1 N–H and O–H groups in total. The molecule has 0 aromatic carbocycles. The highest BCUT2D eigenvalue weighted by molar-refractivity contribution is 5.78. The number of halogens is 3. The average Bonchev–Trinajstić information content (AvgIpc) is 2.60. The van der Waals surface area contributed by atoms with Crippen LogP contribution in [0.5, 0.6) is 5.88 Å². The monoisotopic (exact) mass is 406 g/mol. The van der Waals surface area contributed by atoms with Crippen molar-refractivity contribution in [3.05, 3.63) is 24.4 Å². The van der Waals surface area contributed by atoms with Crippen LogP contribution in [0.1, 0.15) is 12.8 Å². The number of carboxylic acid groups (broad SMARTS) is 1. The molecular formula is C17H21F3N2O6. The Kier molecular flexibility index (Phi) is 7.19. The lowest BCUT2D eigenvalue weighted by atomic mass is 9.84. The second-order valence-electron chi connectivity index (χ2n) is 6.42. The molecule has 1 spiro atoms. The summed E-state index contributed by atoms with van der Waals surface area (Å²) < 4.78 is 48.4. The van der Waals surface area contributed by atoms with E-state index in [1.54, 1.807) is 11.1 Å². The van der Waals surface area contributed by atoms with E-state index in [2.05, 4.69) is 4.98 Å². The number of likely N-dealkylation sites (tertiary alicyclic amines) is 1. The normalized spacial score (nSPS) is 20.6. The van der Waals surface area contributed by atoms with Gasteiger partial charge in [0.1, 0.15) is 18.3 Å². The minimum atomic E-state index is -5.08. The van der Waals surface area contributed by atoms with Crippen LogP contribution in [0.2, 0.25) is 0 Å². The summed E-state index contributed by atoms with van der Waals surface area (Å²) in [5.41, 5.74) is -0.249. The van der Waals surface area contributed by atoms with Crippen LogP contribution in [0.25, 0.3) is 0 Å². The van der Waals surface area contributed by atoms with Gasteiger partial charge in [0.05, 0.1) is 19.7 Å². The molecule has 1 unspecified atom stereocenters. The molecule has 1 aromatic heterocycles. The van der Waals surface area contributed by atoms with E-state index < -0.39 is 12.1 Å². The summed E-state index contributed by atoms with van der Waals surface area (Å²) in [6.07, 6.45) is -1.63. The lowest BCUT2D eigenvalue weighted by molar-refractivity contribution is -0.195. The van der Waals surface area contributed by atoms with Gasteiger partial charge in [0.25, 0.3) is 0 Å². The number of aromatic nitrogens is 1. The van der Waals surface area contributed by atoms with Crippen molar-refractivity contribution in [3.8, 4) is 5.88 Å². The molecule has 2 aliphatic rings. The van der Waals surface area contributed by atoms with E-state index >= 15 is 0 Å². The van der Waals surface area contributed by atoms with Crippen molar-refractivity contribution in [2.24, 2.45) is 0 Å². The van der Waals surface area contributed by atoms with E-state index in [-0.39, 0.29) is 24.2 Å². The van der Waals surface area contributed by atoms with Gasteiger partial charge >= 0.3 is 12.1 Å². The number of rotatable bonds is 4. The quantitative estimate of drug-likeness (QED) is 0.809. The number of hydrogen-bond acceptors (Lipinski definition) is 6. The molecule has 1 aromatic rings. The molecular weight excluding hydrogens is 385 g/mol. The predicted molar refractivity (Wildman–Crippen MR) is 88.7 cm³/mol. The van der Waals surface area contributed by atoms with Crippen LogP contribution in [0.4, 0.5) is 13.2 Å². The minimum absolute atomic E-state index is 0.0134. The summed E-state index contributed by atoms with van der Waals surface area (Å²) in [5, 5.41) is 7.12. The molecule has 11 heteroatoms. The van der Waals surface area contributed by atoms with E-state index in [4.69, 9.17) is 24.1 Å². The number of alkyl halides is 3. The molecule has 3 rings (SSSR count). The molecule has 156 valence electrons. The molecule has 2 saturated heterocycles. The second-order valence-corrected chi connectivity index (χ2v) is 6.42. The Morgan fingerprint density at radius 3 is 2.61 bits per heavy atom. The minimum Gasteiger partial charge on any atom is -0.475 e. The topological polar surface area (TPSA) is 98.2 Å². The Balaban J connectivity index is 0.000000345. The zero-order chi connectivity index (χ0) is 20.8. The summed E-state index contributed by atoms with van der Waals surface area (Å²) in [4.78, 5) is 26.6. The van der Waals surface area contributed by atoms with Crippen molar-refractivity contribution in [2.75, 3.05) is 33.4 Å². The lowest BCUT2D eigenvalue weighted by Crippen LogP contribution is -2.68. The number of ether oxygens (including phenoxy) is 3. The van der Waals surface area contributed by atoms with Gasteiger partial charge in [-0.25, -0.2) is 9.78 Å². The second kappa shape index (κ2) is 9.20. The number of pyridine rings is 1. The van der Waals surface area contributed by atoms with Crippen LogP contribution < -0.4 is 4.74 Å². The van der Waals surface area contributed by atoms with Crippen LogP contribution >= 0.6 is 0 Å². The molecule has 28 heavy (non-hydrogen) atoms. The zero-order valence-corrected chi connectivity index (χ0v) is 15.1. The van der Waals surface area contributed by atoms with Gasteiger partial charge in [0.2, 0.25) is 11.8 Å². The first-order valence-electron chi connectivity index (χ1n) is 8.44. The maximum atomic E-state index is 11.7. The fraction of sp³-hybridized carbons (Fsp3) is 0.588. The molecule has 2 aliphatic heterocycles. The number of carbonyl (C=O) groups is 2. The molecule has 1 amide bonds. The number of methoxy groups -OCH3 is 1. The molecule has 1 atom stereocenters. The van der Waals surface area contributed by atoms with Crippen molar-refractivity contribution in [1.29, 1.82) is 0 Å². The van der Waals surface area contributed by atoms with Crippen LogP contribution in [0, 0.1) is 0 Å². The molecule has 8 nitrogen and oxygen atoms in total. The van der Waals surface area contributed by atoms with Gasteiger partial charge in [-0.15, -0.1) is 0 Å². The van der Waals surface area contributed by atoms with Gasteiger partial charge in [0, 0.05) is 32.2 Å². The third kappa shape index (κ3) is 6.06. The Hall–Kier alpha value is -2.40. The Morgan fingerprint density at radius 1 is 1.39 bits per heavy atom. The number of aliphatic carboxylic acids is 1. The molecule has 0 bridgehead atoms. The summed E-state index contributed by atoms with van der Waals surface area (Å²) >= 11 is 0. The van der Waals surface area contributed by atoms with E-state index in [1.807, 2.05) is 18.2 Å². The van der Waals surface area contributed by atoms with Gasteiger partial charge in [-0.2, -0.15) is 13.2 Å². The van der Waals surface area contributed by atoms with Crippen molar-refractivity contribution >= 4 is 11.9 Å². The van der Waals surface area contributed by atoms with E-state index in [1.165, 1.54) is 7.11 Å². The standard InChI is InChI=1S/C15H20N2O4.C2HF3O2/c1-19-9-14(18)17-10-15(11-17)8-12(5-7-20-15)21-13-4-2-3-6-16-13;3-2(4,5)1(6)7/h2-4,6,12H,5,7-11H2,1H3;(H,6,7).